The Kier molecular flexibility index (Phi) is 10.6. The summed E-state index contributed by atoms with van der Waals surface area (Å²) in [5.74, 6) is -0.0614. The van der Waals surface area contributed by atoms with Gasteiger partial charge in [0.25, 0.3) is 0 Å². The van der Waals surface area contributed by atoms with Gasteiger partial charge in [-0.3, -0.25) is 0 Å². The average molecular weight is 566 g/mol. The highest BCUT2D eigenvalue weighted by molar-refractivity contribution is 7.94. The molecule has 1 saturated heterocycles. The molecule has 3 rings (SSSR count). The van der Waals surface area contributed by atoms with Crippen LogP contribution in [0.4, 0.5) is 23.7 Å². The van der Waals surface area contributed by atoms with Gasteiger partial charge in [0.1, 0.15) is 0 Å². The van der Waals surface area contributed by atoms with Crippen molar-refractivity contribution in [2.24, 2.45) is 0 Å². The van der Waals surface area contributed by atoms with E-state index >= 15 is 0 Å². The van der Waals surface area contributed by atoms with Crippen LogP contribution in [0.1, 0.15) is 56.2 Å². The highest BCUT2D eigenvalue weighted by atomic mass is 32.2. The van der Waals surface area contributed by atoms with Crippen molar-refractivity contribution >= 4 is 21.6 Å². The summed E-state index contributed by atoms with van der Waals surface area (Å²) in [6, 6.07) is 11.9. The number of halogens is 3. The maximum absolute atomic E-state index is 13.5. The van der Waals surface area contributed by atoms with Crippen LogP contribution in [0.25, 0.3) is 0 Å². The van der Waals surface area contributed by atoms with E-state index in [-0.39, 0.29) is 24.0 Å². The fraction of sp³-hybridized carbons (Fsp3) is 0.483. The van der Waals surface area contributed by atoms with Crippen molar-refractivity contribution in [3.63, 3.8) is 0 Å². The Morgan fingerprint density at radius 1 is 1.15 bits per heavy atom. The number of nitrogens with one attached hydrogen (secondary N) is 1. The van der Waals surface area contributed by atoms with E-state index in [1.165, 1.54) is 12.1 Å². The van der Waals surface area contributed by atoms with Gasteiger partial charge in [-0.2, -0.15) is 13.2 Å². The van der Waals surface area contributed by atoms with Gasteiger partial charge in [-0.15, -0.1) is 0 Å². The van der Waals surface area contributed by atoms with E-state index in [1.54, 1.807) is 4.90 Å². The van der Waals surface area contributed by atoms with Crippen LogP contribution in [0.2, 0.25) is 0 Å². The van der Waals surface area contributed by atoms with Crippen LogP contribution in [0.5, 0.6) is 0 Å². The maximum atomic E-state index is 13.5. The lowest BCUT2D eigenvalue weighted by atomic mass is 9.99. The number of nitrogens with zero attached hydrogens (tertiary/aromatic N) is 2. The molecule has 1 aliphatic heterocycles. The van der Waals surface area contributed by atoms with E-state index in [0.29, 0.717) is 12.5 Å². The molecule has 0 radical (unpaired) electrons. The Morgan fingerprint density at radius 2 is 1.82 bits per heavy atom. The van der Waals surface area contributed by atoms with E-state index in [4.69, 9.17) is 0 Å². The van der Waals surface area contributed by atoms with E-state index in [0.717, 1.165) is 67.4 Å². The number of anilines is 1. The first kappa shape index (κ1) is 30.7. The number of amides is 2. The highest BCUT2D eigenvalue weighted by Crippen LogP contribution is 2.31. The SMILES string of the molecule is C=CS(=O)(=O)CCc1cccc(CN(C(=O)Nc2cccc(C(F)(F)F)c2)C2CCN(C(C)CCC)CC2)c1. The molecule has 2 aromatic rings. The molecule has 1 aliphatic rings. The first-order valence-corrected chi connectivity index (χ1v) is 15.1. The van der Waals surface area contributed by atoms with Gasteiger partial charge in [-0.1, -0.05) is 50.3 Å². The van der Waals surface area contributed by atoms with E-state index in [1.807, 2.05) is 24.3 Å². The minimum absolute atomic E-state index is 0.0614. The Hall–Kier alpha value is -2.85. The Bertz CT molecular complexity index is 1230. The van der Waals surface area contributed by atoms with Crippen molar-refractivity contribution in [3.8, 4) is 0 Å². The van der Waals surface area contributed by atoms with Crippen molar-refractivity contribution in [1.82, 2.24) is 9.80 Å². The van der Waals surface area contributed by atoms with Gasteiger partial charge in [0.2, 0.25) is 0 Å². The van der Waals surface area contributed by atoms with Crippen LogP contribution in [0, 0.1) is 0 Å². The summed E-state index contributed by atoms with van der Waals surface area (Å²) in [7, 11) is -3.34. The minimum Gasteiger partial charge on any atom is -0.317 e. The molecule has 0 aromatic heterocycles. The third kappa shape index (κ3) is 9.10. The van der Waals surface area contributed by atoms with Gasteiger partial charge in [0.05, 0.1) is 11.3 Å². The number of carbonyl (C=O) groups excluding carboxylic acids is 1. The maximum Gasteiger partial charge on any atom is 0.416 e. The summed E-state index contributed by atoms with van der Waals surface area (Å²) >= 11 is 0. The lowest BCUT2D eigenvalue weighted by molar-refractivity contribution is -0.137. The fourth-order valence-corrected chi connectivity index (χ4v) is 5.68. The zero-order valence-electron chi connectivity index (χ0n) is 22.6. The molecular formula is C29H38F3N3O3S. The second-order valence-corrected chi connectivity index (χ2v) is 12.2. The van der Waals surface area contributed by atoms with Crippen LogP contribution < -0.4 is 5.32 Å². The lowest BCUT2D eigenvalue weighted by Gasteiger charge is -2.40. The predicted octanol–water partition coefficient (Wildman–Crippen LogP) is 6.49. The lowest BCUT2D eigenvalue weighted by Crippen LogP contribution is -2.50. The number of benzene rings is 2. The van der Waals surface area contributed by atoms with Crippen LogP contribution >= 0.6 is 0 Å². The normalized spacial score (nSPS) is 16.0. The predicted molar refractivity (Wildman–Crippen MR) is 149 cm³/mol. The third-order valence-electron chi connectivity index (χ3n) is 7.25. The van der Waals surface area contributed by atoms with Gasteiger partial charge in [-0.25, -0.2) is 13.2 Å². The Balaban J connectivity index is 1.80. The molecule has 1 N–H and O–H groups in total. The topological polar surface area (TPSA) is 69.7 Å². The summed E-state index contributed by atoms with van der Waals surface area (Å²) in [6.45, 7) is 9.63. The number of alkyl halides is 3. The van der Waals surface area contributed by atoms with Crippen LogP contribution in [-0.2, 0) is 29.0 Å². The summed E-state index contributed by atoms with van der Waals surface area (Å²) < 4.78 is 63.4. The number of likely N-dealkylation sites (tertiary alicyclic amines) is 1. The van der Waals surface area contributed by atoms with Crippen molar-refractivity contribution < 1.29 is 26.4 Å². The molecule has 1 heterocycles. The number of hydrogen-bond acceptors (Lipinski definition) is 4. The van der Waals surface area contributed by atoms with Gasteiger partial charge in [0.15, 0.2) is 9.84 Å². The monoisotopic (exact) mass is 565 g/mol. The minimum atomic E-state index is -4.51. The molecule has 0 spiro atoms. The van der Waals surface area contributed by atoms with Crippen molar-refractivity contribution in [2.45, 2.75) is 70.8 Å². The smallest absolute Gasteiger partial charge is 0.317 e. The number of urea groups is 1. The van der Waals surface area contributed by atoms with Crippen LogP contribution in [0.3, 0.4) is 0 Å². The van der Waals surface area contributed by atoms with Crippen LogP contribution in [-0.4, -0.2) is 55.2 Å². The summed E-state index contributed by atoms with van der Waals surface area (Å²) in [4.78, 5) is 17.6. The molecule has 1 fully saturated rings. The fourth-order valence-electron chi connectivity index (χ4n) is 5.00. The summed E-state index contributed by atoms with van der Waals surface area (Å²) in [6.07, 6.45) is -0.507. The Labute approximate surface area is 229 Å². The van der Waals surface area contributed by atoms with E-state index in [9.17, 15) is 26.4 Å². The molecule has 2 aromatic carbocycles. The Morgan fingerprint density at radius 3 is 2.46 bits per heavy atom. The number of piperidine rings is 1. The molecule has 10 heteroatoms. The van der Waals surface area contributed by atoms with Crippen molar-refractivity contribution in [2.75, 3.05) is 24.2 Å². The van der Waals surface area contributed by atoms with Gasteiger partial charge >= 0.3 is 12.2 Å². The number of hydrogen-bond donors (Lipinski definition) is 1. The molecule has 6 nitrogen and oxygen atoms in total. The number of rotatable bonds is 11. The van der Waals surface area contributed by atoms with Gasteiger partial charge in [0, 0.05) is 42.8 Å². The average Bonchev–Trinajstić information content (AvgIpc) is 2.91. The molecule has 1 atom stereocenters. The quantitative estimate of drug-likeness (QED) is 0.338. The van der Waals surface area contributed by atoms with Crippen molar-refractivity contribution in [3.05, 3.63) is 77.2 Å². The zero-order chi connectivity index (χ0) is 28.6. The molecule has 214 valence electrons. The largest absolute Gasteiger partial charge is 0.416 e. The van der Waals surface area contributed by atoms with E-state index in [2.05, 4.69) is 30.6 Å². The molecule has 1 unspecified atom stereocenters. The van der Waals surface area contributed by atoms with Gasteiger partial charge in [-0.05, 0) is 61.9 Å². The molecule has 0 aliphatic carbocycles. The summed E-state index contributed by atoms with van der Waals surface area (Å²) in [5, 5.41) is 3.63. The highest BCUT2D eigenvalue weighted by Gasteiger charge is 2.32. The molecular weight excluding hydrogens is 527 g/mol. The molecule has 39 heavy (non-hydrogen) atoms. The second-order valence-electron chi connectivity index (χ2n) is 10.1. The first-order chi connectivity index (χ1) is 18.4. The standard InChI is InChI=1S/C29H38F3N3O3S/c1-4-8-22(3)34-16-13-27(14-17-34)35(28(36)33-26-12-7-11-25(20-26)29(30,31)32)21-24-10-6-9-23(19-24)15-18-39(37,38)5-2/h5-7,9-12,19-20,22,27H,2,4,8,13-18,21H2,1,3H3,(H,33,36). The third-order valence-corrected chi connectivity index (χ3v) is 8.53. The number of carbonyl (C=O) groups is 1. The second kappa shape index (κ2) is 13.5. The van der Waals surface area contributed by atoms with Crippen molar-refractivity contribution in [1.29, 1.82) is 0 Å². The number of sulfone groups is 1. The first-order valence-electron chi connectivity index (χ1n) is 13.3. The zero-order valence-corrected chi connectivity index (χ0v) is 23.4. The molecule has 0 saturated carbocycles. The molecule has 2 amide bonds. The molecule has 0 bridgehead atoms. The number of aryl methyl sites for hydroxylation is 1. The van der Waals surface area contributed by atoms with Crippen LogP contribution in [0.15, 0.2) is 60.5 Å². The van der Waals surface area contributed by atoms with Gasteiger partial charge < -0.3 is 15.1 Å². The summed E-state index contributed by atoms with van der Waals surface area (Å²) in [5.41, 5.74) is 0.897. The van der Waals surface area contributed by atoms with E-state index < -0.39 is 27.6 Å².